The van der Waals surface area contributed by atoms with Crippen molar-refractivity contribution in [2.75, 3.05) is 0 Å². The second-order valence-corrected chi connectivity index (χ2v) is 5.46. The van der Waals surface area contributed by atoms with E-state index in [1.54, 1.807) is 0 Å². The smallest absolute Gasteiger partial charge is 0.248 e. The first-order valence-corrected chi connectivity index (χ1v) is 5.46. The zero-order chi connectivity index (χ0) is 10.4. The summed E-state index contributed by atoms with van der Waals surface area (Å²) in [6, 6.07) is 0. The van der Waals surface area contributed by atoms with Crippen LogP contribution >= 0.6 is 0 Å². The van der Waals surface area contributed by atoms with E-state index >= 15 is 0 Å². The van der Waals surface area contributed by atoms with E-state index in [4.69, 9.17) is 0 Å². The molecule has 1 N–H and O–H groups in total. The van der Waals surface area contributed by atoms with Gasteiger partial charge in [0, 0.05) is 12.8 Å². The first-order valence-electron chi connectivity index (χ1n) is 5.46. The van der Waals surface area contributed by atoms with Gasteiger partial charge in [-0.05, 0) is 30.6 Å². The van der Waals surface area contributed by atoms with Gasteiger partial charge in [0.2, 0.25) is 5.92 Å². The molecule has 2 saturated carbocycles. The average molecular weight is 204 g/mol. The van der Waals surface area contributed by atoms with Crippen LogP contribution in [-0.4, -0.2) is 17.1 Å². The summed E-state index contributed by atoms with van der Waals surface area (Å²) in [5.41, 5.74) is 0.240. The number of aliphatic hydroxyl groups is 1. The van der Waals surface area contributed by atoms with Crippen LogP contribution in [0.25, 0.3) is 0 Å². The van der Waals surface area contributed by atoms with Crippen LogP contribution in [0.4, 0.5) is 8.78 Å². The maximum absolute atomic E-state index is 12.6. The molecule has 0 aromatic carbocycles. The molecule has 2 fully saturated rings. The van der Waals surface area contributed by atoms with Crippen LogP contribution < -0.4 is 0 Å². The summed E-state index contributed by atoms with van der Waals surface area (Å²) in [5.74, 6) is -2.64. The third kappa shape index (κ3) is 1.92. The van der Waals surface area contributed by atoms with Gasteiger partial charge in [0.05, 0.1) is 6.10 Å². The Hall–Kier alpha value is -0.180. The molecule has 14 heavy (non-hydrogen) atoms. The molecule has 0 aliphatic heterocycles. The van der Waals surface area contributed by atoms with Crippen LogP contribution in [0, 0.1) is 11.3 Å². The normalized spacial score (nSPS) is 31.7. The molecule has 0 bridgehead atoms. The quantitative estimate of drug-likeness (QED) is 0.749. The highest BCUT2D eigenvalue weighted by Crippen LogP contribution is 2.49. The summed E-state index contributed by atoms with van der Waals surface area (Å²) in [7, 11) is 0. The van der Waals surface area contributed by atoms with Gasteiger partial charge in [0.15, 0.2) is 0 Å². The van der Waals surface area contributed by atoms with Crippen molar-refractivity contribution in [2.24, 2.45) is 11.3 Å². The van der Waals surface area contributed by atoms with Gasteiger partial charge < -0.3 is 5.11 Å². The summed E-state index contributed by atoms with van der Waals surface area (Å²) in [4.78, 5) is 0. The van der Waals surface area contributed by atoms with Crippen LogP contribution in [0.3, 0.4) is 0 Å². The Labute approximate surface area is 83.5 Å². The molecule has 3 heteroatoms. The molecule has 0 spiro atoms. The highest BCUT2D eigenvalue weighted by molar-refractivity contribution is 4.94. The number of rotatable bonds is 3. The summed E-state index contributed by atoms with van der Waals surface area (Å²) in [6.07, 6.45) is 3.52. The van der Waals surface area contributed by atoms with Crippen molar-refractivity contribution in [3.05, 3.63) is 0 Å². The molecule has 0 saturated heterocycles. The van der Waals surface area contributed by atoms with Crippen molar-refractivity contribution in [3.8, 4) is 0 Å². The van der Waals surface area contributed by atoms with Gasteiger partial charge in [0.1, 0.15) is 0 Å². The number of hydrogen-bond acceptors (Lipinski definition) is 1. The van der Waals surface area contributed by atoms with E-state index in [0.29, 0.717) is 6.42 Å². The third-order valence-electron chi connectivity index (χ3n) is 3.93. The molecule has 1 unspecified atom stereocenters. The van der Waals surface area contributed by atoms with Crippen LogP contribution in [0.2, 0.25) is 0 Å². The van der Waals surface area contributed by atoms with Gasteiger partial charge in [-0.3, -0.25) is 0 Å². The highest BCUT2D eigenvalue weighted by atomic mass is 19.3. The minimum atomic E-state index is -2.49. The first kappa shape index (κ1) is 10.3. The Balaban J connectivity index is 1.77. The Morgan fingerprint density at radius 2 is 1.93 bits per heavy atom. The summed E-state index contributed by atoms with van der Waals surface area (Å²) >= 11 is 0. The van der Waals surface area contributed by atoms with Gasteiger partial charge in [-0.2, -0.15) is 0 Å². The third-order valence-corrected chi connectivity index (χ3v) is 3.93. The lowest BCUT2D eigenvalue weighted by Crippen LogP contribution is -2.44. The number of alkyl halides is 2. The average Bonchev–Trinajstić information content (AvgIpc) is 1.96. The molecule has 2 aliphatic carbocycles. The van der Waals surface area contributed by atoms with E-state index in [9.17, 15) is 13.9 Å². The molecule has 0 heterocycles. The fourth-order valence-electron chi connectivity index (χ4n) is 2.64. The Bertz CT molecular complexity index is 215. The zero-order valence-corrected chi connectivity index (χ0v) is 8.60. The number of hydrogen-bond donors (Lipinski definition) is 1. The van der Waals surface area contributed by atoms with E-state index in [2.05, 4.69) is 6.92 Å². The monoisotopic (exact) mass is 204 g/mol. The lowest BCUT2D eigenvalue weighted by Gasteiger charge is -2.44. The Morgan fingerprint density at radius 3 is 2.29 bits per heavy atom. The zero-order valence-electron chi connectivity index (χ0n) is 8.60. The largest absolute Gasteiger partial charge is 0.393 e. The van der Waals surface area contributed by atoms with Crippen molar-refractivity contribution in [2.45, 2.75) is 57.5 Å². The topological polar surface area (TPSA) is 20.2 Å². The minimum Gasteiger partial charge on any atom is -0.393 e. The van der Waals surface area contributed by atoms with E-state index in [1.165, 1.54) is 6.42 Å². The summed E-state index contributed by atoms with van der Waals surface area (Å²) in [6.45, 7) is 2.15. The lowest BCUT2D eigenvalue weighted by atomic mass is 9.64. The van der Waals surface area contributed by atoms with E-state index in [0.717, 1.165) is 12.8 Å². The van der Waals surface area contributed by atoms with Crippen molar-refractivity contribution in [1.29, 1.82) is 0 Å². The predicted octanol–water partition coefficient (Wildman–Crippen LogP) is 2.97. The molecule has 0 radical (unpaired) electrons. The number of aliphatic hydroxyl groups excluding tert-OH is 1. The molecule has 2 rings (SSSR count). The van der Waals surface area contributed by atoms with Crippen molar-refractivity contribution in [1.82, 2.24) is 0 Å². The predicted molar refractivity (Wildman–Crippen MR) is 50.3 cm³/mol. The van der Waals surface area contributed by atoms with Gasteiger partial charge in [-0.15, -0.1) is 0 Å². The van der Waals surface area contributed by atoms with Crippen molar-refractivity contribution in [3.63, 3.8) is 0 Å². The van der Waals surface area contributed by atoms with E-state index < -0.39 is 12.0 Å². The van der Waals surface area contributed by atoms with E-state index in [-0.39, 0.29) is 24.2 Å². The van der Waals surface area contributed by atoms with Crippen molar-refractivity contribution >= 4 is 0 Å². The molecular formula is C11H18F2O. The van der Waals surface area contributed by atoms with Crippen LogP contribution in [0.15, 0.2) is 0 Å². The fraction of sp³-hybridized carbons (Fsp3) is 1.00. The molecule has 0 amide bonds. The maximum atomic E-state index is 12.6. The first-order chi connectivity index (χ1) is 6.40. The number of halogens is 2. The highest BCUT2D eigenvalue weighted by Gasteiger charge is 2.49. The van der Waals surface area contributed by atoms with Crippen LogP contribution in [-0.2, 0) is 0 Å². The second-order valence-electron chi connectivity index (χ2n) is 5.46. The van der Waals surface area contributed by atoms with Crippen molar-refractivity contribution < 1.29 is 13.9 Å². The fourth-order valence-corrected chi connectivity index (χ4v) is 2.64. The molecule has 2 aliphatic rings. The van der Waals surface area contributed by atoms with Gasteiger partial charge >= 0.3 is 0 Å². The van der Waals surface area contributed by atoms with E-state index in [1.807, 2.05) is 0 Å². The molecule has 1 nitrogen and oxygen atoms in total. The SMILES string of the molecule is CC1(CC(O)C2CC(F)(F)C2)CCC1. The standard InChI is InChI=1S/C11H18F2O/c1-10(3-2-4-10)7-9(14)8-5-11(12,13)6-8/h8-9,14H,2-7H2,1H3. The second kappa shape index (κ2) is 3.16. The Kier molecular flexibility index (Phi) is 2.33. The van der Waals surface area contributed by atoms with Gasteiger partial charge in [-0.25, -0.2) is 8.78 Å². The molecule has 82 valence electrons. The lowest BCUT2D eigenvalue weighted by molar-refractivity contribution is -0.149. The molecule has 0 aromatic heterocycles. The maximum Gasteiger partial charge on any atom is 0.248 e. The molecule has 1 atom stereocenters. The van der Waals surface area contributed by atoms with Crippen LogP contribution in [0.5, 0.6) is 0 Å². The molecule has 0 aromatic rings. The van der Waals surface area contributed by atoms with Crippen LogP contribution in [0.1, 0.15) is 45.4 Å². The van der Waals surface area contributed by atoms with Gasteiger partial charge in [-0.1, -0.05) is 13.3 Å². The minimum absolute atomic E-state index is 0.107. The summed E-state index contributed by atoms with van der Waals surface area (Å²) < 4.78 is 25.1. The van der Waals surface area contributed by atoms with Gasteiger partial charge in [0.25, 0.3) is 0 Å². The Morgan fingerprint density at radius 1 is 1.36 bits per heavy atom. The summed E-state index contributed by atoms with van der Waals surface area (Å²) in [5, 5.41) is 9.77. The molecular weight excluding hydrogens is 186 g/mol.